The van der Waals surface area contributed by atoms with Crippen LogP contribution in [0.25, 0.3) is 11.1 Å². The molecule has 0 fully saturated rings. The number of hydrogen-bond donors (Lipinski definition) is 0. The lowest BCUT2D eigenvalue weighted by molar-refractivity contribution is 0.00802. The van der Waals surface area contributed by atoms with E-state index in [2.05, 4.69) is 91.8 Å². The Morgan fingerprint density at radius 3 is 1.62 bits per heavy atom. The van der Waals surface area contributed by atoms with E-state index in [1.165, 1.54) is 94.6 Å². The molecule has 2 heteroatoms. The normalized spacial score (nSPS) is 11.2. The summed E-state index contributed by atoms with van der Waals surface area (Å²) in [5.41, 5.74) is 16.1. The van der Waals surface area contributed by atoms with Crippen LogP contribution in [-0.2, 0) is 12.8 Å². The van der Waals surface area contributed by atoms with Crippen molar-refractivity contribution >= 4 is 11.4 Å². The minimum atomic E-state index is 0.842. The van der Waals surface area contributed by atoms with E-state index < -0.39 is 0 Å². The van der Waals surface area contributed by atoms with Crippen molar-refractivity contribution < 1.29 is 4.79 Å². The van der Waals surface area contributed by atoms with Crippen LogP contribution in [0.1, 0.15) is 139 Å². The number of unbranched alkanes of at least 4 members (excludes halogenated alkanes) is 12. The molecule has 40 heavy (non-hydrogen) atoms. The van der Waals surface area contributed by atoms with Crippen LogP contribution in [0, 0.1) is 11.8 Å². The third-order valence-corrected chi connectivity index (χ3v) is 7.54. The zero-order chi connectivity index (χ0) is 28.7. The molecular formula is C38H52N2. The lowest BCUT2D eigenvalue weighted by atomic mass is 9.91. The van der Waals surface area contributed by atoms with E-state index >= 15 is 0 Å². The first-order valence-corrected chi connectivity index (χ1v) is 16.1. The third-order valence-electron chi connectivity index (χ3n) is 7.54. The molecule has 0 unspecified atom stereocenters. The molecule has 0 bridgehead atoms. The summed E-state index contributed by atoms with van der Waals surface area (Å²) < 4.78 is 0. The summed E-state index contributed by atoms with van der Waals surface area (Å²) in [5.74, 6) is 9.48. The Labute approximate surface area is 245 Å². The molecule has 0 aromatic heterocycles. The fourth-order valence-electron chi connectivity index (χ4n) is 5.06. The maximum absolute atomic E-state index is 9.17. The van der Waals surface area contributed by atoms with Gasteiger partial charge < -0.3 is 5.53 Å². The first-order valence-electron chi connectivity index (χ1n) is 16.1. The van der Waals surface area contributed by atoms with Gasteiger partial charge in [-0.05, 0) is 54.4 Å². The Morgan fingerprint density at radius 2 is 1.10 bits per heavy atom. The highest BCUT2D eigenvalue weighted by Gasteiger charge is 2.11. The van der Waals surface area contributed by atoms with Crippen LogP contribution in [0.4, 0.5) is 0 Å². The van der Waals surface area contributed by atoms with Crippen molar-refractivity contribution in [3.8, 4) is 11.8 Å². The van der Waals surface area contributed by atoms with E-state index in [1.807, 2.05) is 0 Å². The summed E-state index contributed by atoms with van der Waals surface area (Å²) >= 11 is 0. The van der Waals surface area contributed by atoms with Gasteiger partial charge in [0.05, 0.1) is 6.08 Å². The van der Waals surface area contributed by atoms with E-state index in [9.17, 15) is 5.53 Å². The number of aryl methyl sites for hydroxylation is 2. The van der Waals surface area contributed by atoms with Crippen molar-refractivity contribution in [1.82, 2.24) is 0 Å². The van der Waals surface area contributed by atoms with Crippen molar-refractivity contribution in [2.45, 2.75) is 130 Å². The molecule has 0 atom stereocenters. The lowest BCUT2D eigenvalue weighted by Gasteiger charge is -2.12. The topological polar surface area (TPSA) is 36.4 Å². The van der Waals surface area contributed by atoms with Gasteiger partial charge in [-0.2, -0.15) is 0 Å². The minimum Gasteiger partial charge on any atom is -0.348 e. The fourth-order valence-corrected chi connectivity index (χ4v) is 5.06. The summed E-state index contributed by atoms with van der Waals surface area (Å²) in [7, 11) is 0. The molecule has 0 aliphatic carbocycles. The highest BCUT2D eigenvalue weighted by atomic mass is 14.8. The lowest BCUT2D eigenvalue weighted by Crippen LogP contribution is -1.95. The molecule has 0 saturated heterocycles. The molecule has 0 amide bonds. The highest BCUT2D eigenvalue weighted by molar-refractivity contribution is 5.88. The second-order valence-electron chi connectivity index (χ2n) is 11.0. The number of hydrogen-bond acceptors (Lipinski definition) is 0. The largest absolute Gasteiger partial charge is 0.348 e. The van der Waals surface area contributed by atoms with E-state index in [0.717, 1.165) is 48.0 Å². The molecule has 214 valence electrons. The molecule has 2 aromatic rings. The Bertz CT molecular complexity index is 1130. The zero-order valence-electron chi connectivity index (χ0n) is 25.6. The van der Waals surface area contributed by atoms with E-state index in [4.69, 9.17) is 0 Å². The monoisotopic (exact) mass is 536 g/mol. The molecule has 2 aromatic carbocycles. The highest BCUT2D eigenvalue weighted by Crippen LogP contribution is 2.29. The maximum atomic E-state index is 9.17. The molecule has 0 saturated carbocycles. The summed E-state index contributed by atoms with van der Waals surface area (Å²) in [6.07, 6.45) is 22.7. The van der Waals surface area contributed by atoms with Gasteiger partial charge in [-0.1, -0.05) is 152 Å². The van der Waals surface area contributed by atoms with Crippen LogP contribution in [0.15, 0.2) is 60.2 Å². The molecule has 0 aliphatic rings. The Balaban J connectivity index is 2.29. The fraction of sp³-hybridized carbons (Fsp3) is 0.526. The predicted molar refractivity (Wildman–Crippen MR) is 174 cm³/mol. The molecule has 0 aliphatic heterocycles. The van der Waals surface area contributed by atoms with Crippen LogP contribution in [0.3, 0.4) is 0 Å². The predicted octanol–water partition coefficient (Wildman–Crippen LogP) is 10.9. The summed E-state index contributed by atoms with van der Waals surface area (Å²) in [6, 6.07) is 17.9. The van der Waals surface area contributed by atoms with Gasteiger partial charge in [0.2, 0.25) is 0 Å². The average molecular weight is 537 g/mol. The molecule has 2 nitrogen and oxygen atoms in total. The van der Waals surface area contributed by atoms with Gasteiger partial charge in [-0.25, -0.2) is 0 Å². The van der Waals surface area contributed by atoms with Crippen molar-refractivity contribution in [2.75, 3.05) is 0 Å². The molecule has 0 radical (unpaired) electrons. The van der Waals surface area contributed by atoms with Gasteiger partial charge in [-0.3, -0.25) is 0 Å². The van der Waals surface area contributed by atoms with Crippen LogP contribution in [0.2, 0.25) is 0 Å². The van der Waals surface area contributed by atoms with Crippen LogP contribution in [0.5, 0.6) is 0 Å². The van der Waals surface area contributed by atoms with Crippen LogP contribution >= 0.6 is 0 Å². The number of rotatable bonds is 19. The standard InChI is InChI=1S/C38H52N2/c1-4-7-10-12-13-14-15-16-17-19-22-35(31-32-40-39)38(36-27-23-33(24-28-36)20-9-6-3)37-29-25-34(26-30-37)21-18-11-8-5-2/h23-31H,4-18,20-21H2,1-3H3. The Hall–Kier alpha value is -3.10. The molecule has 2 rings (SSSR count). The third kappa shape index (κ3) is 13.3. The average Bonchev–Trinajstić information content (AvgIpc) is 2.99. The van der Waals surface area contributed by atoms with E-state index in [1.54, 1.807) is 6.08 Å². The number of nitrogens with zero attached hydrogens (tertiary/aromatic N) is 2. The molecular weight excluding hydrogens is 484 g/mol. The van der Waals surface area contributed by atoms with Crippen molar-refractivity contribution in [1.29, 1.82) is 0 Å². The number of benzene rings is 2. The SMILES string of the molecule is CCCCCCCCCCC#CC(C=C=[N+]=[N-])=C(c1ccc(CCCC)cc1)c1ccc(CCCCCC)cc1. The summed E-state index contributed by atoms with van der Waals surface area (Å²) in [5, 5.41) is 0. The zero-order valence-corrected chi connectivity index (χ0v) is 25.6. The second kappa shape index (κ2) is 21.7. The Kier molecular flexibility index (Phi) is 18.0. The van der Waals surface area contributed by atoms with Gasteiger partial charge in [0, 0.05) is 17.6 Å². The van der Waals surface area contributed by atoms with Gasteiger partial charge in [0.1, 0.15) is 0 Å². The first kappa shape index (κ1) is 33.1. The molecule has 0 N–H and O–H groups in total. The first-order chi connectivity index (χ1) is 19.7. The maximum Gasteiger partial charge on any atom is 0.301 e. The van der Waals surface area contributed by atoms with Gasteiger partial charge in [-0.15, -0.1) is 4.79 Å². The summed E-state index contributed by atoms with van der Waals surface area (Å²) in [6.45, 7) is 6.75. The van der Waals surface area contributed by atoms with E-state index in [0.29, 0.717) is 0 Å². The van der Waals surface area contributed by atoms with Crippen LogP contribution in [-0.4, -0.2) is 10.7 Å². The van der Waals surface area contributed by atoms with Gasteiger partial charge in [0.15, 0.2) is 0 Å². The smallest absolute Gasteiger partial charge is 0.301 e. The Morgan fingerprint density at radius 1 is 0.625 bits per heavy atom. The molecule has 0 heterocycles. The molecule has 0 spiro atoms. The number of allylic oxidation sites excluding steroid dienone is 2. The van der Waals surface area contributed by atoms with Crippen molar-refractivity contribution in [3.63, 3.8) is 0 Å². The van der Waals surface area contributed by atoms with Gasteiger partial charge in [0.25, 0.3) is 0 Å². The van der Waals surface area contributed by atoms with E-state index in [-0.39, 0.29) is 0 Å². The second-order valence-corrected chi connectivity index (χ2v) is 11.0. The minimum absolute atomic E-state index is 0.842. The van der Waals surface area contributed by atoms with Crippen LogP contribution < -0.4 is 0 Å². The van der Waals surface area contributed by atoms with Crippen molar-refractivity contribution in [2.24, 2.45) is 0 Å². The summed E-state index contributed by atoms with van der Waals surface area (Å²) in [4.78, 5) is 3.15. The van der Waals surface area contributed by atoms with Crippen molar-refractivity contribution in [3.05, 3.63) is 88.0 Å². The van der Waals surface area contributed by atoms with Gasteiger partial charge >= 0.3 is 5.87 Å². The quantitative estimate of drug-likeness (QED) is 0.0427.